The van der Waals surface area contributed by atoms with Crippen LogP contribution in [0.5, 0.6) is 0 Å². The lowest BCUT2D eigenvalue weighted by Crippen LogP contribution is -2.29. The van der Waals surface area contributed by atoms with Crippen LogP contribution >= 0.6 is 11.3 Å². The Hall–Kier alpha value is -2.05. The second kappa shape index (κ2) is 5.75. The monoisotopic (exact) mass is 302 g/mol. The molecule has 1 aromatic heterocycles. The molecule has 0 unspecified atom stereocenters. The predicted molar refractivity (Wildman–Crippen MR) is 78.2 cm³/mol. The van der Waals surface area contributed by atoms with Crippen molar-refractivity contribution in [3.8, 4) is 0 Å². The van der Waals surface area contributed by atoms with Gasteiger partial charge in [0.15, 0.2) is 0 Å². The number of aromatic nitrogens is 1. The molecule has 1 aliphatic heterocycles. The van der Waals surface area contributed by atoms with Gasteiger partial charge in [-0.05, 0) is 18.6 Å². The van der Waals surface area contributed by atoms with E-state index in [2.05, 4.69) is 4.98 Å². The summed E-state index contributed by atoms with van der Waals surface area (Å²) in [4.78, 5) is 30.1. The van der Waals surface area contributed by atoms with Crippen LogP contribution < -0.4 is 0 Å². The fourth-order valence-electron chi connectivity index (χ4n) is 2.31. The van der Waals surface area contributed by atoms with E-state index in [4.69, 9.17) is 5.11 Å². The quantitative estimate of drug-likeness (QED) is 0.856. The zero-order chi connectivity index (χ0) is 14.8. The maximum atomic E-state index is 12.2. The minimum atomic E-state index is -0.263. The smallest absolute Gasteiger partial charge is 0.261 e. The van der Waals surface area contributed by atoms with E-state index in [1.165, 1.54) is 16.2 Å². The Bertz CT molecular complexity index is 661. The SMILES string of the molecule is O=C1c2ccccc2C(=O)N1Cc1csc(CCCO)n1. The van der Waals surface area contributed by atoms with Gasteiger partial charge in [-0.25, -0.2) is 4.98 Å². The summed E-state index contributed by atoms with van der Waals surface area (Å²) in [6.45, 7) is 0.329. The van der Waals surface area contributed by atoms with E-state index in [1.807, 2.05) is 5.38 Å². The van der Waals surface area contributed by atoms with Crippen LogP contribution in [-0.2, 0) is 13.0 Å². The summed E-state index contributed by atoms with van der Waals surface area (Å²) in [5.41, 5.74) is 1.62. The molecule has 0 bridgehead atoms. The lowest BCUT2D eigenvalue weighted by Gasteiger charge is -2.11. The topological polar surface area (TPSA) is 70.5 Å². The van der Waals surface area contributed by atoms with Crippen LogP contribution in [0.15, 0.2) is 29.6 Å². The van der Waals surface area contributed by atoms with Gasteiger partial charge in [-0.15, -0.1) is 11.3 Å². The average Bonchev–Trinajstić information content (AvgIpc) is 3.05. The molecule has 1 N–H and O–H groups in total. The first kappa shape index (κ1) is 13.9. The number of rotatable bonds is 5. The fraction of sp³-hybridized carbons (Fsp3) is 0.267. The normalized spacial score (nSPS) is 13.9. The third kappa shape index (κ3) is 2.59. The Morgan fingerprint density at radius 3 is 2.43 bits per heavy atom. The van der Waals surface area contributed by atoms with E-state index >= 15 is 0 Å². The van der Waals surface area contributed by atoms with Crippen molar-refractivity contribution in [1.29, 1.82) is 0 Å². The average molecular weight is 302 g/mol. The number of amides is 2. The molecule has 0 atom stereocenters. The van der Waals surface area contributed by atoms with Gasteiger partial charge in [0.2, 0.25) is 0 Å². The van der Waals surface area contributed by atoms with E-state index in [9.17, 15) is 9.59 Å². The molecule has 2 amide bonds. The summed E-state index contributed by atoms with van der Waals surface area (Å²) in [5.74, 6) is -0.527. The summed E-state index contributed by atoms with van der Waals surface area (Å²) in [6, 6.07) is 6.85. The van der Waals surface area contributed by atoms with Crippen LogP contribution in [-0.4, -0.2) is 33.4 Å². The van der Waals surface area contributed by atoms with Gasteiger partial charge in [0.05, 0.1) is 28.4 Å². The number of benzene rings is 1. The number of aliphatic hydroxyl groups excluding tert-OH is 1. The second-order valence-electron chi connectivity index (χ2n) is 4.80. The van der Waals surface area contributed by atoms with Crippen LogP contribution in [0, 0.1) is 0 Å². The lowest BCUT2D eigenvalue weighted by atomic mass is 10.1. The molecule has 1 aromatic carbocycles. The second-order valence-corrected chi connectivity index (χ2v) is 5.74. The van der Waals surface area contributed by atoms with E-state index in [1.54, 1.807) is 24.3 Å². The number of imide groups is 1. The zero-order valence-electron chi connectivity index (χ0n) is 11.3. The van der Waals surface area contributed by atoms with Crippen molar-refractivity contribution in [2.24, 2.45) is 0 Å². The Morgan fingerprint density at radius 1 is 1.14 bits per heavy atom. The Kier molecular flexibility index (Phi) is 3.81. The van der Waals surface area contributed by atoms with Crippen molar-refractivity contribution >= 4 is 23.2 Å². The van der Waals surface area contributed by atoms with E-state index < -0.39 is 0 Å². The number of hydrogen-bond acceptors (Lipinski definition) is 5. The van der Waals surface area contributed by atoms with Crippen molar-refractivity contribution in [2.75, 3.05) is 6.61 Å². The predicted octanol–water partition coefficient (Wildman–Crippen LogP) is 1.86. The highest BCUT2D eigenvalue weighted by molar-refractivity contribution is 7.09. The Balaban J connectivity index is 1.76. The summed E-state index contributed by atoms with van der Waals surface area (Å²) >= 11 is 1.49. The third-order valence-corrected chi connectivity index (χ3v) is 4.30. The summed E-state index contributed by atoms with van der Waals surface area (Å²) < 4.78 is 0. The molecule has 2 aromatic rings. The van der Waals surface area contributed by atoms with Crippen LogP contribution in [0.2, 0.25) is 0 Å². The zero-order valence-corrected chi connectivity index (χ0v) is 12.1. The van der Waals surface area contributed by atoms with Gasteiger partial charge >= 0.3 is 0 Å². The molecule has 1 aliphatic rings. The van der Waals surface area contributed by atoms with E-state index in [0.717, 1.165) is 5.01 Å². The number of thiazole rings is 1. The molecular formula is C15H14N2O3S. The maximum absolute atomic E-state index is 12.2. The molecule has 0 radical (unpaired) electrons. The molecule has 3 rings (SSSR count). The van der Waals surface area contributed by atoms with Crippen LogP contribution in [0.25, 0.3) is 0 Å². The molecule has 2 heterocycles. The lowest BCUT2D eigenvalue weighted by molar-refractivity contribution is 0.0640. The molecule has 21 heavy (non-hydrogen) atoms. The molecule has 108 valence electrons. The molecule has 6 heteroatoms. The van der Waals surface area contributed by atoms with Crippen molar-refractivity contribution < 1.29 is 14.7 Å². The third-order valence-electron chi connectivity index (χ3n) is 3.35. The van der Waals surface area contributed by atoms with Crippen LogP contribution in [0.4, 0.5) is 0 Å². The minimum absolute atomic E-state index is 0.132. The molecule has 5 nitrogen and oxygen atoms in total. The Labute approximate surface area is 125 Å². The number of aliphatic hydroxyl groups is 1. The highest BCUT2D eigenvalue weighted by Gasteiger charge is 2.35. The summed E-state index contributed by atoms with van der Waals surface area (Å²) in [5, 5.41) is 11.6. The fourth-order valence-corrected chi connectivity index (χ4v) is 3.14. The highest BCUT2D eigenvalue weighted by atomic mass is 32.1. The van der Waals surface area contributed by atoms with Gasteiger partial charge in [0, 0.05) is 18.4 Å². The van der Waals surface area contributed by atoms with Gasteiger partial charge in [-0.1, -0.05) is 12.1 Å². The molecule has 0 spiro atoms. The van der Waals surface area contributed by atoms with Crippen LogP contribution in [0.3, 0.4) is 0 Å². The number of carbonyl (C=O) groups is 2. The van der Waals surface area contributed by atoms with Gasteiger partial charge in [-0.2, -0.15) is 0 Å². The van der Waals surface area contributed by atoms with Crippen LogP contribution in [0.1, 0.15) is 37.8 Å². The van der Waals surface area contributed by atoms with Crippen molar-refractivity contribution in [3.05, 3.63) is 51.5 Å². The first-order chi connectivity index (χ1) is 10.2. The van der Waals surface area contributed by atoms with E-state index in [0.29, 0.717) is 29.7 Å². The number of hydrogen-bond donors (Lipinski definition) is 1. The van der Waals surface area contributed by atoms with Gasteiger partial charge in [0.1, 0.15) is 0 Å². The number of aryl methyl sites for hydroxylation is 1. The molecule has 0 fully saturated rings. The number of carbonyl (C=O) groups excluding carboxylic acids is 2. The first-order valence-corrected chi connectivity index (χ1v) is 7.58. The number of nitrogens with zero attached hydrogens (tertiary/aromatic N) is 2. The van der Waals surface area contributed by atoms with Crippen molar-refractivity contribution in [3.63, 3.8) is 0 Å². The van der Waals surface area contributed by atoms with Gasteiger partial charge in [-0.3, -0.25) is 14.5 Å². The highest BCUT2D eigenvalue weighted by Crippen LogP contribution is 2.24. The van der Waals surface area contributed by atoms with Gasteiger partial charge in [0.25, 0.3) is 11.8 Å². The summed E-state index contributed by atoms with van der Waals surface area (Å²) in [6.07, 6.45) is 1.38. The van der Waals surface area contributed by atoms with E-state index in [-0.39, 0.29) is 25.0 Å². The number of fused-ring (bicyclic) bond motifs is 1. The van der Waals surface area contributed by atoms with Crippen molar-refractivity contribution in [2.45, 2.75) is 19.4 Å². The minimum Gasteiger partial charge on any atom is -0.396 e. The van der Waals surface area contributed by atoms with Gasteiger partial charge < -0.3 is 5.11 Å². The molecule has 0 saturated carbocycles. The molecule has 0 aliphatic carbocycles. The Morgan fingerprint density at radius 2 is 1.81 bits per heavy atom. The molecular weight excluding hydrogens is 288 g/mol. The maximum Gasteiger partial charge on any atom is 0.261 e. The largest absolute Gasteiger partial charge is 0.396 e. The summed E-state index contributed by atoms with van der Waals surface area (Å²) in [7, 11) is 0. The van der Waals surface area contributed by atoms with Crippen molar-refractivity contribution in [1.82, 2.24) is 9.88 Å². The first-order valence-electron chi connectivity index (χ1n) is 6.70. The molecule has 0 saturated heterocycles. The standard InChI is InChI=1S/C15H14N2O3S/c18-7-3-6-13-16-10(9-21-13)8-17-14(19)11-4-1-2-5-12(11)15(17)20/h1-2,4-5,9,18H,3,6-8H2.